The van der Waals surface area contributed by atoms with Crippen LogP contribution in [0.2, 0.25) is 0 Å². The van der Waals surface area contributed by atoms with Crippen LogP contribution in [0.25, 0.3) is 11.3 Å². The maximum atomic E-state index is 12.5. The van der Waals surface area contributed by atoms with Gasteiger partial charge in [0, 0.05) is 5.69 Å². The third-order valence-electron chi connectivity index (χ3n) is 3.83. The highest BCUT2D eigenvalue weighted by Gasteiger charge is 2.18. The molecule has 0 unspecified atom stereocenters. The van der Waals surface area contributed by atoms with Crippen LogP contribution in [0.1, 0.15) is 21.5 Å². The van der Waals surface area contributed by atoms with E-state index < -0.39 is 11.5 Å². The Morgan fingerprint density at radius 2 is 1.62 bits per heavy atom. The second-order valence-corrected chi connectivity index (χ2v) is 5.43. The SMILES string of the molecule is COC(=O)c1c(Cc2ccccc2)cc(-c2ccccc2)[nH]c1=O. The number of ether oxygens (including phenoxy) is 1. The first-order valence-corrected chi connectivity index (χ1v) is 7.63. The third kappa shape index (κ3) is 3.27. The van der Waals surface area contributed by atoms with Crippen LogP contribution in [0.15, 0.2) is 71.5 Å². The molecule has 0 atom stereocenters. The fourth-order valence-corrected chi connectivity index (χ4v) is 2.67. The van der Waals surface area contributed by atoms with Gasteiger partial charge in [-0.2, -0.15) is 0 Å². The third-order valence-corrected chi connectivity index (χ3v) is 3.83. The van der Waals surface area contributed by atoms with E-state index >= 15 is 0 Å². The van der Waals surface area contributed by atoms with Crippen LogP contribution in [-0.4, -0.2) is 18.1 Å². The van der Waals surface area contributed by atoms with Crippen molar-refractivity contribution in [3.63, 3.8) is 0 Å². The molecule has 1 aromatic heterocycles. The fourth-order valence-electron chi connectivity index (χ4n) is 2.67. The van der Waals surface area contributed by atoms with E-state index in [1.165, 1.54) is 7.11 Å². The number of hydrogen-bond donors (Lipinski definition) is 1. The zero-order chi connectivity index (χ0) is 16.9. The van der Waals surface area contributed by atoms with Gasteiger partial charge in [0.2, 0.25) is 0 Å². The number of aromatic nitrogens is 1. The second kappa shape index (κ2) is 6.96. The molecule has 4 nitrogen and oxygen atoms in total. The van der Waals surface area contributed by atoms with Crippen molar-refractivity contribution in [1.82, 2.24) is 4.98 Å². The van der Waals surface area contributed by atoms with E-state index in [4.69, 9.17) is 4.74 Å². The molecule has 4 heteroatoms. The Morgan fingerprint density at radius 1 is 1.00 bits per heavy atom. The molecule has 0 radical (unpaired) electrons. The Morgan fingerprint density at radius 3 is 2.25 bits per heavy atom. The van der Waals surface area contributed by atoms with Crippen LogP contribution in [-0.2, 0) is 11.2 Å². The van der Waals surface area contributed by atoms with Crippen LogP contribution < -0.4 is 5.56 Å². The van der Waals surface area contributed by atoms with Crippen LogP contribution in [0, 0.1) is 0 Å². The molecule has 0 aliphatic rings. The lowest BCUT2D eigenvalue weighted by Gasteiger charge is -2.10. The van der Waals surface area contributed by atoms with Gasteiger partial charge in [-0.1, -0.05) is 60.7 Å². The maximum absolute atomic E-state index is 12.5. The molecule has 120 valence electrons. The minimum atomic E-state index is -0.623. The quantitative estimate of drug-likeness (QED) is 0.750. The normalized spacial score (nSPS) is 10.4. The van der Waals surface area contributed by atoms with Gasteiger partial charge in [0.05, 0.1) is 7.11 Å². The summed E-state index contributed by atoms with van der Waals surface area (Å²) in [6.45, 7) is 0. The molecular weight excluding hydrogens is 302 g/mol. The lowest BCUT2D eigenvalue weighted by atomic mass is 9.98. The average molecular weight is 319 g/mol. The van der Waals surface area contributed by atoms with Gasteiger partial charge in [-0.3, -0.25) is 4.79 Å². The predicted octanol–water partition coefficient (Wildman–Crippen LogP) is 3.42. The number of carbonyl (C=O) groups excluding carboxylic acids is 1. The van der Waals surface area contributed by atoms with Crippen molar-refractivity contribution in [2.24, 2.45) is 0 Å². The standard InChI is InChI=1S/C20H17NO3/c1-24-20(23)18-16(12-14-8-4-2-5-9-14)13-17(21-19(18)22)15-10-6-3-7-11-15/h2-11,13H,12H2,1H3,(H,21,22). The van der Waals surface area contributed by atoms with E-state index in [-0.39, 0.29) is 5.56 Å². The number of aromatic amines is 1. The number of esters is 1. The highest BCUT2D eigenvalue weighted by molar-refractivity contribution is 5.91. The summed E-state index contributed by atoms with van der Waals surface area (Å²) in [6.07, 6.45) is 0.481. The zero-order valence-corrected chi connectivity index (χ0v) is 13.3. The molecule has 0 fully saturated rings. The molecule has 1 N–H and O–H groups in total. The first-order chi connectivity index (χ1) is 11.7. The van der Waals surface area contributed by atoms with Crippen LogP contribution in [0.5, 0.6) is 0 Å². The number of H-pyrrole nitrogens is 1. The van der Waals surface area contributed by atoms with E-state index in [1.54, 1.807) is 0 Å². The zero-order valence-electron chi connectivity index (χ0n) is 13.3. The number of nitrogens with one attached hydrogen (secondary N) is 1. The average Bonchev–Trinajstić information content (AvgIpc) is 2.62. The van der Waals surface area contributed by atoms with Crippen LogP contribution in [0.4, 0.5) is 0 Å². The van der Waals surface area contributed by atoms with Gasteiger partial charge in [0.25, 0.3) is 5.56 Å². The molecule has 0 amide bonds. The molecular formula is C20H17NO3. The molecule has 3 rings (SSSR count). The van der Waals surface area contributed by atoms with Crippen molar-refractivity contribution >= 4 is 5.97 Å². The summed E-state index contributed by atoms with van der Waals surface area (Å²) in [7, 11) is 1.28. The summed E-state index contributed by atoms with van der Waals surface area (Å²) in [5.74, 6) is -0.623. The van der Waals surface area contributed by atoms with Crippen molar-refractivity contribution in [2.75, 3.05) is 7.11 Å². The molecule has 0 saturated heterocycles. The Hall–Kier alpha value is -3.14. The van der Waals surface area contributed by atoms with Gasteiger partial charge in [-0.05, 0) is 29.2 Å². The Balaban J connectivity index is 2.13. The summed E-state index contributed by atoms with van der Waals surface area (Å²) in [5.41, 5.74) is 2.86. The van der Waals surface area contributed by atoms with E-state index in [0.717, 1.165) is 11.1 Å². The highest BCUT2D eigenvalue weighted by atomic mass is 16.5. The van der Waals surface area contributed by atoms with E-state index in [9.17, 15) is 9.59 Å². The van der Waals surface area contributed by atoms with Crippen LogP contribution >= 0.6 is 0 Å². The molecule has 24 heavy (non-hydrogen) atoms. The Labute approximate surface area is 139 Å². The number of carbonyl (C=O) groups is 1. The molecule has 0 spiro atoms. The fraction of sp³-hybridized carbons (Fsp3) is 0.100. The van der Waals surface area contributed by atoms with Crippen molar-refractivity contribution in [3.8, 4) is 11.3 Å². The van der Waals surface area contributed by atoms with Gasteiger partial charge in [-0.15, -0.1) is 0 Å². The van der Waals surface area contributed by atoms with Gasteiger partial charge >= 0.3 is 5.97 Å². The second-order valence-electron chi connectivity index (χ2n) is 5.43. The number of benzene rings is 2. The monoisotopic (exact) mass is 319 g/mol. The Kier molecular flexibility index (Phi) is 4.57. The summed E-state index contributed by atoms with van der Waals surface area (Å²) < 4.78 is 4.78. The van der Waals surface area contributed by atoms with Gasteiger partial charge < -0.3 is 9.72 Å². The molecule has 0 aliphatic carbocycles. The van der Waals surface area contributed by atoms with E-state index in [2.05, 4.69) is 4.98 Å². The number of hydrogen-bond acceptors (Lipinski definition) is 3. The van der Waals surface area contributed by atoms with E-state index in [0.29, 0.717) is 17.7 Å². The van der Waals surface area contributed by atoms with Crippen molar-refractivity contribution in [2.45, 2.75) is 6.42 Å². The summed E-state index contributed by atoms with van der Waals surface area (Å²) >= 11 is 0. The predicted molar refractivity (Wildman–Crippen MR) is 93.1 cm³/mol. The van der Waals surface area contributed by atoms with Crippen LogP contribution in [0.3, 0.4) is 0 Å². The number of pyridine rings is 1. The molecule has 3 aromatic rings. The number of methoxy groups -OCH3 is 1. The van der Waals surface area contributed by atoms with Crippen molar-refractivity contribution in [3.05, 3.63) is 93.8 Å². The minimum Gasteiger partial charge on any atom is -0.465 e. The van der Waals surface area contributed by atoms with E-state index in [1.807, 2.05) is 66.7 Å². The van der Waals surface area contributed by atoms with Crippen molar-refractivity contribution in [1.29, 1.82) is 0 Å². The number of rotatable bonds is 4. The highest BCUT2D eigenvalue weighted by Crippen LogP contribution is 2.20. The maximum Gasteiger partial charge on any atom is 0.343 e. The molecule has 2 aromatic carbocycles. The van der Waals surface area contributed by atoms with Gasteiger partial charge in [0.1, 0.15) is 5.56 Å². The molecule has 0 saturated carbocycles. The lowest BCUT2D eigenvalue weighted by molar-refractivity contribution is 0.0597. The molecule has 0 bridgehead atoms. The van der Waals surface area contributed by atoms with Gasteiger partial charge in [-0.25, -0.2) is 4.79 Å². The summed E-state index contributed by atoms with van der Waals surface area (Å²) in [6, 6.07) is 21.1. The first kappa shape index (κ1) is 15.7. The summed E-state index contributed by atoms with van der Waals surface area (Å²) in [4.78, 5) is 27.3. The Bertz CT molecular complexity index is 899. The largest absolute Gasteiger partial charge is 0.465 e. The van der Waals surface area contributed by atoms with Gasteiger partial charge in [0.15, 0.2) is 0 Å². The smallest absolute Gasteiger partial charge is 0.343 e. The molecule has 0 aliphatic heterocycles. The van der Waals surface area contributed by atoms with Crippen molar-refractivity contribution < 1.29 is 9.53 Å². The topological polar surface area (TPSA) is 59.2 Å². The lowest BCUT2D eigenvalue weighted by Crippen LogP contribution is -2.22. The summed E-state index contributed by atoms with van der Waals surface area (Å²) in [5, 5.41) is 0. The first-order valence-electron chi connectivity index (χ1n) is 7.63. The molecule has 1 heterocycles. The minimum absolute atomic E-state index is 0.0565.